The predicted octanol–water partition coefficient (Wildman–Crippen LogP) is -0.0908. The summed E-state index contributed by atoms with van der Waals surface area (Å²) in [5, 5.41) is 11.5. The van der Waals surface area contributed by atoms with E-state index in [0.717, 1.165) is 5.16 Å². The molecule has 1 amide bonds. The lowest BCUT2D eigenvalue weighted by Gasteiger charge is -2.22. The van der Waals surface area contributed by atoms with Crippen LogP contribution in [-0.4, -0.2) is 47.1 Å². The summed E-state index contributed by atoms with van der Waals surface area (Å²) in [6, 6.07) is 10.5. The molecule has 7 heteroatoms. The minimum Gasteiger partial charge on any atom is -0.349 e. The number of nitrogens with one attached hydrogen (secondary N) is 2. The van der Waals surface area contributed by atoms with Gasteiger partial charge in [0.15, 0.2) is 5.16 Å². The lowest BCUT2D eigenvalue weighted by atomic mass is 10.1. The van der Waals surface area contributed by atoms with Gasteiger partial charge in [-0.1, -0.05) is 42.1 Å². The number of hydrogen-bond acceptors (Lipinski definition) is 4. The van der Waals surface area contributed by atoms with E-state index >= 15 is 0 Å². The van der Waals surface area contributed by atoms with Crippen LogP contribution < -0.4 is 10.2 Å². The summed E-state index contributed by atoms with van der Waals surface area (Å²) in [5.74, 6) is 0.353. The van der Waals surface area contributed by atoms with Crippen molar-refractivity contribution in [3.8, 4) is 0 Å². The van der Waals surface area contributed by atoms with E-state index in [0.29, 0.717) is 12.3 Å². The smallest absolute Gasteiger partial charge is 0.230 e. The summed E-state index contributed by atoms with van der Waals surface area (Å²) in [5.41, 5.74) is 1.23. The lowest BCUT2D eigenvalue weighted by Crippen LogP contribution is -3.07. The van der Waals surface area contributed by atoms with Crippen LogP contribution in [0.25, 0.3) is 0 Å². The molecular formula is C15H22N5OS+. The molecule has 0 aliphatic heterocycles. The van der Waals surface area contributed by atoms with Crippen LogP contribution in [0.3, 0.4) is 0 Å². The van der Waals surface area contributed by atoms with Gasteiger partial charge in [0.05, 0.1) is 26.4 Å². The first-order valence-electron chi connectivity index (χ1n) is 7.16. The Morgan fingerprint density at radius 1 is 1.36 bits per heavy atom. The maximum atomic E-state index is 12.0. The van der Waals surface area contributed by atoms with Crippen LogP contribution in [0.4, 0.5) is 0 Å². The van der Waals surface area contributed by atoms with Crippen LogP contribution in [0.2, 0.25) is 0 Å². The first-order valence-corrected chi connectivity index (χ1v) is 8.15. The third kappa shape index (κ3) is 4.57. The summed E-state index contributed by atoms with van der Waals surface area (Å²) < 4.78 is 1.80. The molecule has 6 nitrogen and oxygen atoms in total. The number of carbonyl (C=O) groups is 1. The molecule has 0 fully saturated rings. The minimum absolute atomic E-state index is 0.00943. The van der Waals surface area contributed by atoms with E-state index in [1.807, 2.05) is 25.2 Å². The highest BCUT2D eigenvalue weighted by Gasteiger charge is 2.18. The van der Waals surface area contributed by atoms with Gasteiger partial charge in [0.25, 0.3) is 0 Å². The number of amides is 1. The van der Waals surface area contributed by atoms with Gasteiger partial charge in [0.1, 0.15) is 12.4 Å². The predicted molar refractivity (Wildman–Crippen MR) is 86.7 cm³/mol. The van der Waals surface area contributed by atoms with Gasteiger partial charge in [-0.15, -0.1) is 10.2 Å². The second-order valence-corrected chi connectivity index (χ2v) is 6.30. The van der Waals surface area contributed by atoms with Gasteiger partial charge in [-0.2, -0.15) is 0 Å². The Bertz CT molecular complexity index is 599. The highest BCUT2D eigenvalue weighted by Crippen LogP contribution is 2.13. The van der Waals surface area contributed by atoms with Gasteiger partial charge in [0.2, 0.25) is 5.91 Å². The molecule has 0 aliphatic carbocycles. The van der Waals surface area contributed by atoms with Gasteiger partial charge in [0, 0.05) is 12.6 Å². The average molecular weight is 320 g/mol. The zero-order chi connectivity index (χ0) is 15.9. The topological polar surface area (TPSA) is 64.2 Å². The monoisotopic (exact) mass is 320 g/mol. The van der Waals surface area contributed by atoms with Crippen LogP contribution in [0, 0.1) is 0 Å². The van der Waals surface area contributed by atoms with Crippen molar-refractivity contribution in [3.63, 3.8) is 0 Å². The molecule has 22 heavy (non-hydrogen) atoms. The van der Waals surface area contributed by atoms with Gasteiger partial charge < -0.3 is 14.8 Å². The Labute approximate surface area is 134 Å². The van der Waals surface area contributed by atoms with Crippen LogP contribution >= 0.6 is 11.8 Å². The zero-order valence-corrected chi connectivity index (χ0v) is 13.9. The number of benzene rings is 1. The van der Waals surface area contributed by atoms with Crippen LogP contribution in [-0.2, 0) is 11.8 Å². The SMILES string of the molecule is Cn1cnnc1SCC(=O)NC[C@@H](c1ccccc1)[NH+](C)C. The fourth-order valence-corrected chi connectivity index (χ4v) is 2.86. The highest BCUT2D eigenvalue weighted by molar-refractivity contribution is 7.99. The Kier molecular flexibility index (Phi) is 5.97. The van der Waals surface area contributed by atoms with E-state index in [-0.39, 0.29) is 11.9 Å². The fourth-order valence-electron chi connectivity index (χ4n) is 2.14. The summed E-state index contributed by atoms with van der Waals surface area (Å²) in [6.07, 6.45) is 1.63. The van der Waals surface area contributed by atoms with E-state index in [4.69, 9.17) is 0 Å². The number of carbonyl (C=O) groups excluding carboxylic acids is 1. The maximum Gasteiger partial charge on any atom is 0.230 e. The summed E-state index contributed by atoms with van der Waals surface area (Å²) in [4.78, 5) is 13.3. The number of rotatable bonds is 7. The first-order chi connectivity index (χ1) is 10.6. The molecule has 0 spiro atoms. The van der Waals surface area contributed by atoms with E-state index in [1.165, 1.54) is 22.2 Å². The minimum atomic E-state index is 0.00943. The van der Waals surface area contributed by atoms with Crippen molar-refractivity contribution in [2.75, 3.05) is 26.4 Å². The molecule has 2 rings (SSSR count). The van der Waals surface area contributed by atoms with Gasteiger partial charge >= 0.3 is 0 Å². The summed E-state index contributed by atoms with van der Waals surface area (Å²) in [6.45, 7) is 0.616. The maximum absolute atomic E-state index is 12.0. The van der Waals surface area contributed by atoms with Crippen molar-refractivity contribution in [1.29, 1.82) is 0 Å². The molecule has 1 aromatic carbocycles. The summed E-state index contributed by atoms with van der Waals surface area (Å²) >= 11 is 1.39. The summed E-state index contributed by atoms with van der Waals surface area (Å²) in [7, 11) is 6.05. The number of thioether (sulfide) groups is 1. The third-order valence-corrected chi connectivity index (χ3v) is 4.44. The van der Waals surface area contributed by atoms with Crippen molar-refractivity contribution in [1.82, 2.24) is 20.1 Å². The Hall–Kier alpha value is -1.86. The molecule has 0 saturated heterocycles. The molecule has 0 saturated carbocycles. The van der Waals surface area contributed by atoms with Crippen LogP contribution in [0.1, 0.15) is 11.6 Å². The van der Waals surface area contributed by atoms with E-state index in [1.54, 1.807) is 10.9 Å². The van der Waals surface area contributed by atoms with Crippen molar-refractivity contribution >= 4 is 17.7 Å². The molecule has 2 N–H and O–H groups in total. The number of hydrogen-bond donors (Lipinski definition) is 2. The Morgan fingerprint density at radius 3 is 2.68 bits per heavy atom. The van der Waals surface area contributed by atoms with Gasteiger partial charge in [-0.25, -0.2) is 0 Å². The largest absolute Gasteiger partial charge is 0.349 e. The molecule has 0 bridgehead atoms. The quantitative estimate of drug-likeness (QED) is 0.700. The van der Waals surface area contributed by atoms with E-state index in [2.05, 4.69) is 41.7 Å². The number of nitrogens with zero attached hydrogens (tertiary/aromatic N) is 3. The van der Waals surface area contributed by atoms with Crippen molar-refractivity contribution in [2.45, 2.75) is 11.2 Å². The van der Waals surface area contributed by atoms with Gasteiger partial charge in [-0.05, 0) is 0 Å². The first kappa shape index (κ1) is 16.5. The molecule has 1 heterocycles. The zero-order valence-electron chi connectivity index (χ0n) is 13.1. The van der Waals surface area contributed by atoms with Crippen molar-refractivity contribution in [3.05, 3.63) is 42.2 Å². The number of aryl methyl sites for hydroxylation is 1. The second-order valence-electron chi connectivity index (χ2n) is 5.36. The van der Waals surface area contributed by atoms with Crippen molar-refractivity contribution < 1.29 is 9.69 Å². The fraction of sp³-hybridized carbons (Fsp3) is 0.400. The van der Waals surface area contributed by atoms with Crippen LogP contribution in [0.15, 0.2) is 41.8 Å². The van der Waals surface area contributed by atoms with E-state index < -0.39 is 0 Å². The highest BCUT2D eigenvalue weighted by atomic mass is 32.2. The molecule has 0 aliphatic rings. The Morgan fingerprint density at radius 2 is 2.09 bits per heavy atom. The number of likely N-dealkylation sites (N-methyl/N-ethyl adjacent to an activating group) is 1. The Balaban J connectivity index is 1.84. The van der Waals surface area contributed by atoms with E-state index in [9.17, 15) is 4.79 Å². The number of quaternary nitrogens is 1. The molecule has 0 unspecified atom stereocenters. The number of aromatic nitrogens is 3. The lowest BCUT2D eigenvalue weighted by molar-refractivity contribution is -0.890. The molecule has 0 radical (unpaired) electrons. The second kappa shape index (κ2) is 7.95. The standard InChI is InChI=1S/C15H21N5OS/c1-19(2)13(12-7-5-4-6-8-12)9-16-14(21)10-22-15-18-17-11-20(15)3/h4-8,11,13H,9-10H2,1-3H3,(H,16,21)/p+1/t13-/m0/s1. The van der Waals surface area contributed by atoms with Crippen LogP contribution in [0.5, 0.6) is 0 Å². The molecule has 1 atom stereocenters. The van der Waals surface area contributed by atoms with Gasteiger partial charge in [-0.3, -0.25) is 4.79 Å². The van der Waals surface area contributed by atoms with Crippen molar-refractivity contribution in [2.24, 2.45) is 7.05 Å². The molecule has 118 valence electrons. The average Bonchev–Trinajstić information content (AvgIpc) is 2.91. The molecule has 2 aromatic rings. The third-order valence-electron chi connectivity index (χ3n) is 3.40. The molecule has 1 aromatic heterocycles. The molecular weight excluding hydrogens is 298 g/mol. The normalized spacial score (nSPS) is 12.4.